The van der Waals surface area contributed by atoms with E-state index in [9.17, 15) is 8.78 Å². The smallest absolute Gasteiger partial charge is 0.316 e. The quantitative estimate of drug-likeness (QED) is 0.307. The molecule has 0 aliphatic carbocycles. The predicted molar refractivity (Wildman–Crippen MR) is 136 cm³/mol. The van der Waals surface area contributed by atoms with Gasteiger partial charge in [-0.05, 0) is 32.6 Å². The van der Waals surface area contributed by atoms with E-state index in [0.29, 0.717) is 55.6 Å². The van der Waals surface area contributed by atoms with Gasteiger partial charge in [0.1, 0.15) is 0 Å². The molecule has 14 heteroatoms. The Bertz CT molecular complexity index is 1360. The Labute approximate surface area is 217 Å². The molecule has 0 unspecified atom stereocenters. The first kappa shape index (κ1) is 25.6. The maximum Gasteiger partial charge on any atom is 0.316 e. The molecular weight excluding hydrogens is 498 g/mol. The normalized spacial score (nSPS) is 14.0. The number of rotatable bonds is 10. The number of hydrogen-bond acceptors (Lipinski definition) is 11. The summed E-state index contributed by atoms with van der Waals surface area (Å²) in [7, 11) is 4.00. The van der Waals surface area contributed by atoms with Crippen LogP contribution in [0.15, 0.2) is 36.7 Å². The van der Waals surface area contributed by atoms with E-state index in [4.69, 9.17) is 9.47 Å². The van der Waals surface area contributed by atoms with Crippen LogP contribution in [0.4, 0.5) is 26.4 Å². The molecule has 3 aromatic heterocycles. The molecule has 38 heavy (non-hydrogen) atoms. The fraction of sp³-hybridized carbons (Fsp3) is 0.417. The number of halogens is 2. The van der Waals surface area contributed by atoms with Gasteiger partial charge in [0.15, 0.2) is 5.82 Å². The van der Waals surface area contributed by atoms with Crippen molar-refractivity contribution in [2.45, 2.75) is 12.8 Å². The van der Waals surface area contributed by atoms with E-state index in [-0.39, 0.29) is 17.9 Å². The molecule has 0 bridgehead atoms. The van der Waals surface area contributed by atoms with Crippen LogP contribution in [0.3, 0.4) is 0 Å². The number of benzene rings is 1. The largest absolute Gasteiger partial charge is 0.463 e. The summed E-state index contributed by atoms with van der Waals surface area (Å²) in [5.74, 6) is 0.0587. The monoisotopic (exact) mass is 526 g/mol. The van der Waals surface area contributed by atoms with Crippen molar-refractivity contribution in [2.75, 3.05) is 63.8 Å². The third kappa shape index (κ3) is 5.92. The summed E-state index contributed by atoms with van der Waals surface area (Å²) < 4.78 is 40.3. The van der Waals surface area contributed by atoms with Crippen LogP contribution >= 0.6 is 0 Å². The van der Waals surface area contributed by atoms with E-state index in [1.165, 1.54) is 4.57 Å². The zero-order valence-electron chi connectivity index (χ0n) is 21.1. The first-order valence-electron chi connectivity index (χ1n) is 12.2. The van der Waals surface area contributed by atoms with Crippen molar-refractivity contribution in [3.8, 4) is 12.0 Å². The molecule has 0 radical (unpaired) electrons. The number of morpholine rings is 1. The third-order valence-corrected chi connectivity index (χ3v) is 5.75. The van der Waals surface area contributed by atoms with Gasteiger partial charge in [-0.1, -0.05) is 12.1 Å². The second-order valence-corrected chi connectivity index (χ2v) is 8.84. The summed E-state index contributed by atoms with van der Waals surface area (Å²) in [6.45, 7) is 3.51. The molecule has 1 aliphatic rings. The summed E-state index contributed by atoms with van der Waals surface area (Å²) in [4.78, 5) is 30.1. The third-order valence-electron chi connectivity index (χ3n) is 5.75. The molecule has 1 aromatic carbocycles. The van der Waals surface area contributed by atoms with Crippen molar-refractivity contribution in [2.24, 2.45) is 0 Å². The van der Waals surface area contributed by atoms with Gasteiger partial charge in [-0.15, -0.1) is 0 Å². The maximum atomic E-state index is 14.0. The summed E-state index contributed by atoms with van der Waals surface area (Å²) in [5, 5.41) is 3.06. The molecule has 1 saturated heterocycles. The average Bonchev–Trinajstić information content (AvgIpc) is 3.32. The highest BCUT2D eigenvalue weighted by molar-refractivity contribution is 5.77. The lowest BCUT2D eigenvalue weighted by molar-refractivity contribution is 0.122. The number of aromatic nitrogens is 7. The fourth-order valence-electron chi connectivity index (χ4n) is 3.94. The number of hydrogen-bond donors (Lipinski definition) is 1. The van der Waals surface area contributed by atoms with E-state index in [1.54, 1.807) is 36.7 Å². The van der Waals surface area contributed by atoms with E-state index in [1.807, 2.05) is 19.0 Å². The standard InChI is InChI=1S/C24H28F2N10O2/c1-34(2)8-5-11-38-24-27-14-16(15-28-24)29-21-31-22(35-9-12-37-13-10-35)33-23(32-21)36-18-7-4-3-6-17(18)30-20(36)19(25)26/h3-4,6-7,14-15,19H,5,8-13H2,1-2H3,(H,29,31,32,33). The number of anilines is 3. The molecule has 0 amide bonds. The van der Waals surface area contributed by atoms with Crippen LogP contribution < -0.4 is 15.0 Å². The second-order valence-electron chi connectivity index (χ2n) is 8.84. The molecular formula is C24H28F2N10O2. The van der Waals surface area contributed by atoms with Gasteiger partial charge in [-0.3, -0.25) is 4.57 Å². The summed E-state index contributed by atoms with van der Waals surface area (Å²) >= 11 is 0. The van der Waals surface area contributed by atoms with Crippen LogP contribution in [0.25, 0.3) is 17.0 Å². The van der Waals surface area contributed by atoms with Crippen LogP contribution in [0.5, 0.6) is 6.01 Å². The topological polar surface area (TPSA) is 119 Å². The molecule has 200 valence electrons. The molecule has 0 saturated carbocycles. The molecule has 1 N–H and O–H groups in total. The van der Waals surface area contributed by atoms with Crippen molar-refractivity contribution < 1.29 is 18.3 Å². The van der Waals surface area contributed by atoms with E-state index in [2.05, 4.69) is 40.1 Å². The van der Waals surface area contributed by atoms with Crippen LogP contribution in [-0.4, -0.2) is 92.9 Å². The number of fused-ring (bicyclic) bond motifs is 1. The highest BCUT2D eigenvalue weighted by Crippen LogP contribution is 2.28. The Balaban J connectivity index is 1.46. The highest BCUT2D eigenvalue weighted by atomic mass is 19.3. The fourth-order valence-corrected chi connectivity index (χ4v) is 3.94. The number of imidazole rings is 1. The van der Waals surface area contributed by atoms with E-state index < -0.39 is 12.2 Å². The lowest BCUT2D eigenvalue weighted by Crippen LogP contribution is -2.37. The van der Waals surface area contributed by atoms with Crippen molar-refractivity contribution in [1.82, 2.24) is 39.4 Å². The van der Waals surface area contributed by atoms with E-state index in [0.717, 1.165) is 13.0 Å². The number of ether oxygens (including phenoxy) is 2. The molecule has 0 spiro atoms. The summed E-state index contributed by atoms with van der Waals surface area (Å²) in [6.07, 6.45) is 1.10. The van der Waals surface area contributed by atoms with Gasteiger partial charge in [0, 0.05) is 19.6 Å². The van der Waals surface area contributed by atoms with Gasteiger partial charge >= 0.3 is 6.01 Å². The van der Waals surface area contributed by atoms with Crippen molar-refractivity contribution in [3.05, 3.63) is 42.5 Å². The predicted octanol–water partition coefficient (Wildman–Crippen LogP) is 2.85. The summed E-state index contributed by atoms with van der Waals surface area (Å²) in [6, 6.07) is 7.11. The summed E-state index contributed by atoms with van der Waals surface area (Å²) in [5.41, 5.74) is 1.38. The Kier molecular flexibility index (Phi) is 7.79. The zero-order chi connectivity index (χ0) is 26.5. The van der Waals surface area contributed by atoms with Gasteiger partial charge in [-0.2, -0.15) is 15.0 Å². The average molecular weight is 527 g/mol. The zero-order valence-corrected chi connectivity index (χ0v) is 21.1. The molecule has 1 aliphatic heterocycles. The minimum Gasteiger partial charge on any atom is -0.463 e. The second kappa shape index (κ2) is 11.6. The number of alkyl halides is 2. The molecule has 5 rings (SSSR count). The van der Waals surface area contributed by atoms with Crippen LogP contribution in [-0.2, 0) is 4.74 Å². The Hall–Kier alpha value is -4.04. The van der Waals surface area contributed by atoms with Gasteiger partial charge in [-0.25, -0.2) is 23.7 Å². The van der Waals surface area contributed by atoms with Gasteiger partial charge < -0.3 is 24.6 Å². The SMILES string of the molecule is CN(C)CCCOc1ncc(Nc2nc(N3CCOCC3)nc(-n3c(C(F)F)nc4ccccc43)n2)cn1. The first-order valence-corrected chi connectivity index (χ1v) is 12.2. The Morgan fingerprint density at radius 1 is 1.03 bits per heavy atom. The van der Waals surface area contributed by atoms with Gasteiger partial charge in [0.05, 0.1) is 48.9 Å². The minimum absolute atomic E-state index is 0.0229. The van der Waals surface area contributed by atoms with Crippen LogP contribution in [0.1, 0.15) is 18.7 Å². The minimum atomic E-state index is -2.83. The molecule has 12 nitrogen and oxygen atoms in total. The number of nitrogens with zero attached hydrogens (tertiary/aromatic N) is 9. The molecule has 0 atom stereocenters. The van der Waals surface area contributed by atoms with Crippen LogP contribution in [0.2, 0.25) is 0 Å². The number of nitrogens with one attached hydrogen (secondary N) is 1. The van der Waals surface area contributed by atoms with Gasteiger partial charge in [0.2, 0.25) is 17.8 Å². The molecule has 1 fully saturated rings. The Morgan fingerprint density at radius 3 is 2.50 bits per heavy atom. The van der Waals surface area contributed by atoms with Gasteiger partial charge in [0.25, 0.3) is 6.43 Å². The lowest BCUT2D eigenvalue weighted by Gasteiger charge is -2.27. The first-order chi connectivity index (χ1) is 18.5. The van der Waals surface area contributed by atoms with Crippen molar-refractivity contribution in [3.63, 3.8) is 0 Å². The number of para-hydroxylation sites is 2. The van der Waals surface area contributed by atoms with Crippen LogP contribution in [0, 0.1) is 0 Å². The van der Waals surface area contributed by atoms with Crippen molar-refractivity contribution in [1.29, 1.82) is 0 Å². The maximum absolute atomic E-state index is 14.0. The molecule has 4 heterocycles. The van der Waals surface area contributed by atoms with Crippen molar-refractivity contribution >= 4 is 28.6 Å². The molecule has 4 aromatic rings. The Morgan fingerprint density at radius 2 is 1.76 bits per heavy atom. The highest BCUT2D eigenvalue weighted by Gasteiger charge is 2.24. The van der Waals surface area contributed by atoms with E-state index >= 15 is 0 Å². The lowest BCUT2D eigenvalue weighted by atomic mass is 10.3.